The number of hydrogen-bond acceptors (Lipinski definition) is 3. The van der Waals surface area contributed by atoms with Gasteiger partial charge >= 0.3 is 5.69 Å². The van der Waals surface area contributed by atoms with Crippen LogP contribution in [-0.4, -0.2) is 15.0 Å². The summed E-state index contributed by atoms with van der Waals surface area (Å²) in [5, 5.41) is 3.02. The van der Waals surface area contributed by atoms with Gasteiger partial charge in [0.05, 0.1) is 11.6 Å². The van der Waals surface area contributed by atoms with Crippen LogP contribution in [0.1, 0.15) is 30.0 Å². The SMILES string of the molecule is Cn1cc(/C=C/C(=O)N[C@H](c2ccccc2)C2CC2)c(=O)n(C)c1=O. The van der Waals surface area contributed by atoms with E-state index >= 15 is 0 Å². The Bertz CT molecular complexity index is 921. The Labute approximate surface area is 145 Å². The number of aryl methyl sites for hydroxylation is 1. The monoisotopic (exact) mass is 339 g/mol. The third-order valence-corrected chi connectivity index (χ3v) is 4.44. The van der Waals surface area contributed by atoms with Crippen molar-refractivity contribution in [3.8, 4) is 0 Å². The molecule has 1 saturated carbocycles. The Morgan fingerprint density at radius 2 is 1.88 bits per heavy atom. The number of amides is 1. The number of aromatic nitrogens is 2. The third kappa shape index (κ3) is 3.79. The maximum absolute atomic E-state index is 12.3. The number of carbonyl (C=O) groups excluding carboxylic acids is 1. The fourth-order valence-corrected chi connectivity index (χ4v) is 2.88. The van der Waals surface area contributed by atoms with Gasteiger partial charge in [0.2, 0.25) is 5.91 Å². The van der Waals surface area contributed by atoms with E-state index in [0.29, 0.717) is 11.5 Å². The van der Waals surface area contributed by atoms with Crippen LogP contribution < -0.4 is 16.6 Å². The number of rotatable bonds is 5. The van der Waals surface area contributed by atoms with Crippen molar-refractivity contribution in [2.45, 2.75) is 18.9 Å². The van der Waals surface area contributed by atoms with Crippen molar-refractivity contribution in [1.29, 1.82) is 0 Å². The van der Waals surface area contributed by atoms with Gasteiger partial charge in [0.15, 0.2) is 0 Å². The Balaban J connectivity index is 1.77. The van der Waals surface area contributed by atoms with E-state index in [4.69, 9.17) is 0 Å². The van der Waals surface area contributed by atoms with E-state index in [1.807, 2.05) is 30.3 Å². The van der Waals surface area contributed by atoms with Crippen LogP contribution in [0.5, 0.6) is 0 Å². The second-order valence-corrected chi connectivity index (χ2v) is 6.41. The molecule has 25 heavy (non-hydrogen) atoms. The highest BCUT2D eigenvalue weighted by atomic mass is 16.2. The number of nitrogens with zero attached hydrogens (tertiary/aromatic N) is 2. The van der Waals surface area contributed by atoms with Gasteiger partial charge in [0.1, 0.15) is 0 Å². The molecule has 1 fully saturated rings. The second-order valence-electron chi connectivity index (χ2n) is 6.41. The smallest absolute Gasteiger partial charge is 0.330 e. The Hall–Kier alpha value is -2.89. The van der Waals surface area contributed by atoms with Crippen molar-refractivity contribution in [3.63, 3.8) is 0 Å². The molecule has 1 aromatic carbocycles. The van der Waals surface area contributed by atoms with Crippen LogP contribution in [0.4, 0.5) is 0 Å². The first kappa shape index (κ1) is 17.0. The summed E-state index contributed by atoms with van der Waals surface area (Å²) in [6.45, 7) is 0. The molecule has 1 atom stereocenters. The highest BCUT2D eigenvalue weighted by Crippen LogP contribution is 2.40. The lowest BCUT2D eigenvalue weighted by Crippen LogP contribution is -2.37. The molecule has 0 unspecified atom stereocenters. The van der Waals surface area contributed by atoms with E-state index in [2.05, 4.69) is 5.32 Å². The van der Waals surface area contributed by atoms with Gasteiger partial charge < -0.3 is 9.88 Å². The predicted octanol–water partition coefficient (Wildman–Crippen LogP) is 1.36. The number of benzene rings is 1. The molecule has 1 aliphatic carbocycles. The summed E-state index contributed by atoms with van der Waals surface area (Å²) in [4.78, 5) is 36.1. The molecular weight excluding hydrogens is 318 g/mol. The van der Waals surface area contributed by atoms with Gasteiger partial charge in [-0.05, 0) is 30.4 Å². The Kier molecular flexibility index (Phi) is 4.70. The quantitative estimate of drug-likeness (QED) is 0.836. The molecule has 2 aromatic rings. The minimum Gasteiger partial charge on any atom is -0.345 e. The molecule has 0 spiro atoms. The second kappa shape index (κ2) is 6.93. The molecule has 6 heteroatoms. The summed E-state index contributed by atoms with van der Waals surface area (Å²) in [6, 6.07) is 9.87. The van der Waals surface area contributed by atoms with Crippen molar-refractivity contribution in [2.24, 2.45) is 20.0 Å². The van der Waals surface area contributed by atoms with Crippen molar-refractivity contribution < 1.29 is 4.79 Å². The fraction of sp³-hybridized carbons (Fsp3) is 0.316. The highest BCUT2D eigenvalue weighted by molar-refractivity contribution is 5.91. The fourth-order valence-electron chi connectivity index (χ4n) is 2.88. The largest absolute Gasteiger partial charge is 0.345 e. The third-order valence-electron chi connectivity index (χ3n) is 4.44. The maximum atomic E-state index is 12.3. The summed E-state index contributed by atoms with van der Waals surface area (Å²) in [5.74, 6) is 0.210. The zero-order valence-corrected chi connectivity index (χ0v) is 14.3. The molecule has 1 aliphatic rings. The van der Waals surface area contributed by atoms with E-state index in [-0.39, 0.29) is 11.9 Å². The van der Waals surface area contributed by atoms with Gasteiger partial charge in [0, 0.05) is 26.4 Å². The van der Waals surface area contributed by atoms with E-state index in [1.165, 1.54) is 30.0 Å². The number of carbonyl (C=O) groups is 1. The van der Waals surface area contributed by atoms with Crippen molar-refractivity contribution in [3.05, 3.63) is 74.6 Å². The molecule has 6 nitrogen and oxygen atoms in total. The average Bonchev–Trinajstić information content (AvgIpc) is 3.45. The summed E-state index contributed by atoms with van der Waals surface area (Å²) in [6.07, 6.45) is 6.44. The molecule has 1 amide bonds. The van der Waals surface area contributed by atoms with Gasteiger partial charge in [-0.2, -0.15) is 0 Å². The molecule has 0 aliphatic heterocycles. The van der Waals surface area contributed by atoms with Crippen molar-refractivity contribution in [2.75, 3.05) is 0 Å². The molecule has 0 saturated heterocycles. The van der Waals surface area contributed by atoms with E-state index in [9.17, 15) is 14.4 Å². The molecule has 0 bridgehead atoms. The van der Waals surface area contributed by atoms with E-state index < -0.39 is 11.2 Å². The Morgan fingerprint density at radius 1 is 1.20 bits per heavy atom. The summed E-state index contributed by atoms with van der Waals surface area (Å²) in [5.41, 5.74) is 0.561. The van der Waals surface area contributed by atoms with Crippen LogP contribution in [-0.2, 0) is 18.9 Å². The molecule has 0 radical (unpaired) electrons. The first-order chi connectivity index (χ1) is 12.0. The molecule has 3 rings (SSSR count). The summed E-state index contributed by atoms with van der Waals surface area (Å²) >= 11 is 0. The lowest BCUT2D eigenvalue weighted by molar-refractivity contribution is -0.117. The zero-order valence-electron chi connectivity index (χ0n) is 14.3. The van der Waals surface area contributed by atoms with Gasteiger partial charge in [-0.25, -0.2) is 4.79 Å². The van der Waals surface area contributed by atoms with Crippen molar-refractivity contribution in [1.82, 2.24) is 14.5 Å². The normalized spacial score (nSPS) is 15.3. The molecule has 130 valence electrons. The maximum Gasteiger partial charge on any atom is 0.330 e. The van der Waals surface area contributed by atoms with Gasteiger partial charge in [-0.3, -0.25) is 14.2 Å². The minimum atomic E-state index is -0.422. The number of nitrogens with one attached hydrogen (secondary N) is 1. The first-order valence-corrected chi connectivity index (χ1v) is 8.27. The highest BCUT2D eigenvalue weighted by Gasteiger charge is 2.32. The van der Waals surface area contributed by atoms with E-state index in [1.54, 1.807) is 7.05 Å². The summed E-state index contributed by atoms with van der Waals surface area (Å²) in [7, 11) is 2.98. The topological polar surface area (TPSA) is 73.1 Å². The first-order valence-electron chi connectivity index (χ1n) is 8.27. The van der Waals surface area contributed by atoms with Crippen LogP contribution in [0.15, 0.2) is 52.2 Å². The Morgan fingerprint density at radius 3 is 2.52 bits per heavy atom. The van der Waals surface area contributed by atoms with Gasteiger partial charge in [0.25, 0.3) is 5.56 Å². The van der Waals surface area contributed by atoms with Gasteiger partial charge in [-0.15, -0.1) is 0 Å². The summed E-state index contributed by atoms with van der Waals surface area (Å²) < 4.78 is 2.34. The van der Waals surface area contributed by atoms with Gasteiger partial charge in [-0.1, -0.05) is 30.3 Å². The van der Waals surface area contributed by atoms with Crippen LogP contribution in [0.2, 0.25) is 0 Å². The van der Waals surface area contributed by atoms with E-state index in [0.717, 1.165) is 23.0 Å². The van der Waals surface area contributed by atoms with Crippen molar-refractivity contribution >= 4 is 12.0 Å². The molecule has 1 N–H and O–H groups in total. The number of hydrogen-bond donors (Lipinski definition) is 1. The molecule has 1 heterocycles. The standard InChI is InChI=1S/C19H21N3O3/c1-21-12-15(18(24)22(2)19(21)25)10-11-16(23)20-17(14-8-9-14)13-6-4-3-5-7-13/h3-7,10-12,14,17H,8-9H2,1-2H3,(H,20,23)/b11-10+/t17-/m1/s1. The zero-order chi connectivity index (χ0) is 18.0. The van der Waals surface area contributed by atoms with Crippen LogP contribution >= 0.6 is 0 Å². The average molecular weight is 339 g/mol. The van der Waals surface area contributed by atoms with Crippen LogP contribution in [0, 0.1) is 5.92 Å². The van der Waals surface area contributed by atoms with Crippen LogP contribution in [0.3, 0.4) is 0 Å². The lowest BCUT2D eigenvalue weighted by atomic mass is 10.0. The molecule has 1 aromatic heterocycles. The lowest BCUT2D eigenvalue weighted by Gasteiger charge is -2.17. The molecular formula is C19H21N3O3. The predicted molar refractivity (Wildman–Crippen MR) is 96.0 cm³/mol. The van der Waals surface area contributed by atoms with Crippen LogP contribution in [0.25, 0.3) is 6.08 Å². The minimum absolute atomic E-state index is 0.0127.